The number of ether oxygens (including phenoxy) is 1. The van der Waals surface area contributed by atoms with Crippen molar-refractivity contribution in [1.82, 2.24) is 24.6 Å². The summed E-state index contributed by atoms with van der Waals surface area (Å²) >= 11 is 0. The van der Waals surface area contributed by atoms with E-state index in [2.05, 4.69) is 15.0 Å². The van der Waals surface area contributed by atoms with E-state index in [1.54, 1.807) is 15.8 Å². The first-order valence-corrected chi connectivity index (χ1v) is 10.7. The van der Waals surface area contributed by atoms with Crippen LogP contribution in [0.5, 0.6) is 0 Å². The van der Waals surface area contributed by atoms with Crippen molar-refractivity contribution in [2.24, 2.45) is 7.05 Å². The van der Waals surface area contributed by atoms with Crippen LogP contribution in [0.3, 0.4) is 0 Å². The van der Waals surface area contributed by atoms with Gasteiger partial charge < -0.3 is 14.5 Å². The molecule has 2 fully saturated rings. The van der Waals surface area contributed by atoms with Gasteiger partial charge in [0.25, 0.3) is 5.91 Å². The fourth-order valence-electron chi connectivity index (χ4n) is 4.19. The van der Waals surface area contributed by atoms with Crippen molar-refractivity contribution in [3.05, 3.63) is 23.5 Å². The van der Waals surface area contributed by atoms with Crippen LogP contribution in [-0.4, -0.2) is 67.3 Å². The molecule has 0 aromatic carbocycles. The van der Waals surface area contributed by atoms with E-state index in [-0.39, 0.29) is 24.1 Å². The average Bonchev–Trinajstić information content (AvgIpc) is 3.43. The first-order valence-electron chi connectivity index (χ1n) is 10.7. The van der Waals surface area contributed by atoms with Crippen LogP contribution in [0.15, 0.2) is 12.3 Å². The molecule has 2 aromatic heterocycles. The fraction of sp³-hybridized carbons (Fsp3) is 0.636. The van der Waals surface area contributed by atoms with Gasteiger partial charge in [-0.1, -0.05) is 0 Å². The van der Waals surface area contributed by atoms with Gasteiger partial charge in [-0.05, 0) is 59.4 Å². The first kappa shape index (κ1) is 20.6. The Hall–Kier alpha value is -2.64. The highest BCUT2D eigenvalue weighted by molar-refractivity contribution is 6.05. The Morgan fingerprint density at radius 1 is 1.13 bits per heavy atom. The summed E-state index contributed by atoms with van der Waals surface area (Å²) in [4.78, 5) is 34.4. The summed E-state index contributed by atoms with van der Waals surface area (Å²) in [6.07, 6.45) is 5.07. The zero-order valence-corrected chi connectivity index (χ0v) is 18.5. The SMILES string of the molecule is Cc1cc(C(=O)N(C2CC2)C2CCN(C(=O)OC(C)(C)C)CC2)c2cnn(C)c2n1. The van der Waals surface area contributed by atoms with Crippen LogP contribution < -0.4 is 0 Å². The van der Waals surface area contributed by atoms with Crippen LogP contribution >= 0.6 is 0 Å². The minimum Gasteiger partial charge on any atom is -0.444 e. The maximum Gasteiger partial charge on any atom is 0.410 e. The predicted molar refractivity (Wildman–Crippen MR) is 113 cm³/mol. The number of amides is 2. The molecular formula is C22H31N5O3. The second-order valence-corrected chi connectivity index (χ2v) is 9.46. The minimum atomic E-state index is -0.502. The second kappa shape index (κ2) is 7.56. The topological polar surface area (TPSA) is 80.6 Å². The molecule has 0 radical (unpaired) electrons. The third kappa shape index (κ3) is 4.13. The summed E-state index contributed by atoms with van der Waals surface area (Å²) in [5.74, 6) is 0.0525. The van der Waals surface area contributed by atoms with Crippen molar-refractivity contribution in [3.8, 4) is 0 Å². The molecule has 162 valence electrons. The number of piperidine rings is 1. The van der Waals surface area contributed by atoms with Crippen molar-refractivity contribution < 1.29 is 14.3 Å². The molecule has 4 rings (SSSR count). The van der Waals surface area contributed by atoms with Crippen LogP contribution in [-0.2, 0) is 11.8 Å². The lowest BCUT2D eigenvalue weighted by Gasteiger charge is -2.39. The lowest BCUT2D eigenvalue weighted by atomic mass is 10.0. The third-order valence-electron chi connectivity index (χ3n) is 5.75. The number of likely N-dealkylation sites (tertiary alicyclic amines) is 1. The number of carbonyl (C=O) groups excluding carboxylic acids is 2. The molecule has 30 heavy (non-hydrogen) atoms. The Labute approximate surface area is 177 Å². The van der Waals surface area contributed by atoms with Gasteiger partial charge in [-0.15, -0.1) is 0 Å². The number of hydrogen-bond acceptors (Lipinski definition) is 5. The standard InChI is InChI=1S/C22H31N5O3/c1-14-12-17(18-13-23-25(5)19(18)24-14)20(28)27(15-6-7-15)16-8-10-26(11-9-16)21(29)30-22(2,3)4/h12-13,15-16H,6-11H2,1-5H3. The fourth-order valence-corrected chi connectivity index (χ4v) is 4.19. The van der Waals surface area contributed by atoms with Gasteiger partial charge >= 0.3 is 6.09 Å². The van der Waals surface area contributed by atoms with Gasteiger partial charge in [-0.3, -0.25) is 9.48 Å². The monoisotopic (exact) mass is 413 g/mol. The van der Waals surface area contributed by atoms with Gasteiger partial charge in [0.05, 0.1) is 17.1 Å². The maximum absolute atomic E-state index is 13.7. The van der Waals surface area contributed by atoms with E-state index in [0.29, 0.717) is 18.7 Å². The Kier molecular flexibility index (Phi) is 5.20. The number of pyridine rings is 1. The zero-order valence-electron chi connectivity index (χ0n) is 18.5. The normalized spacial score (nSPS) is 18.0. The number of rotatable bonds is 3. The molecule has 1 aliphatic heterocycles. The molecule has 2 amide bonds. The van der Waals surface area contributed by atoms with E-state index in [9.17, 15) is 9.59 Å². The molecular weight excluding hydrogens is 382 g/mol. The number of aryl methyl sites for hydroxylation is 2. The van der Waals surface area contributed by atoms with E-state index in [1.165, 1.54) is 0 Å². The summed E-state index contributed by atoms with van der Waals surface area (Å²) in [5, 5.41) is 5.09. The molecule has 2 aromatic rings. The summed E-state index contributed by atoms with van der Waals surface area (Å²) in [5.41, 5.74) is 1.71. The van der Waals surface area contributed by atoms with Gasteiger partial charge in [0.15, 0.2) is 5.65 Å². The molecule has 0 N–H and O–H groups in total. The molecule has 3 heterocycles. The highest BCUT2D eigenvalue weighted by Gasteiger charge is 2.40. The number of aromatic nitrogens is 3. The smallest absolute Gasteiger partial charge is 0.410 e. The second-order valence-electron chi connectivity index (χ2n) is 9.46. The number of nitrogens with zero attached hydrogens (tertiary/aromatic N) is 5. The quantitative estimate of drug-likeness (QED) is 0.771. The molecule has 0 bridgehead atoms. The van der Waals surface area contributed by atoms with Crippen LogP contribution in [0.4, 0.5) is 4.79 Å². The van der Waals surface area contributed by atoms with E-state index < -0.39 is 5.60 Å². The Balaban J connectivity index is 1.52. The highest BCUT2D eigenvalue weighted by atomic mass is 16.6. The largest absolute Gasteiger partial charge is 0.444 e. The van der Waals surface area contributed by atoms with E-state index >= 15 is 0 Å². The first-order chi connectivity index (χ1) is 14.1. The van der Waals surface area contributed by atoms with E-state index in [4.69, 9.17) is 4.74 Å². The molecule has 1 saturated carbocycles. The van der Waals surface area contributed by atoms with Crippen molar-refractivity contribution >= 4 is 23.0 Å². The van der Waals surface area contributed by atoms with Gasteiger partial charge in [0.2, 0.25) is 0 Å². The van der Waals surface area contributed by atoms with Gasteiger partial charge in [0, 0.05) is 37.9 Å². The maximum atomic E-state index is 13.7. The molecule has 2 aliphatic rings. The molecule has 8 nitrogen and oxygen atoms in total. The zero-order chi connectivity index (χ0) is 21.6. The van der Waals surface area contributed by atoms with Gasteiger partial charge in [-0.2, -0.15) is 5.10 Å². The Bertz CT molecular complexity index is 965. The lowest BCUT2D eigenvalue weighted by Crippen LogP contribution is -2.50. The summed E-state index contributed by atoms with van der Waals surface area (Å²) < 4.78 is 7.21. The molecule has 0 atom stereocenters. The van der Waals surface area contributed by atoms with E-state index in [1.807, 2.05) is 40.8 Å². The van der Waals surface area contributed by atoms with Crippen molar-refractivity contribution in [2.45, 2.75) is 71.1 Å². The molecule has 0 unspecified atom stereocenters. The van der Waals surface area contributed by atoms with Crippen LogP contribution in [0.1, 0.15) is 62.5 Å². The average molecular weight is 414 g/mol. The van der Waals surface area contributed by atoms with Gasteiger partial charge in [0.1, 0.15) is 5.60 Å². The van der Waals surface area contributed by atoms with Crippen molar-refractivity contribution in [1.29, 1.82) is 0 Å². The molecule has 8 heteroatoms. The highest BCUT2D eigenvalue weighted by Crippen LogP contribution is 2.34. The molecule has 0 spiro atoms. The van der Waals surface area contributed by atoms with Crippen LogP contribution in [0.2, 0.25) is 0 Å². The minimum absolute atomic E-state index is 0.0525. The van der Waals surface area contributed by atoms with Gasteiger partial charge in [-0.25, -0.2) is 9.78 Å². The summed E-state index contributed by atoms with van der Waals surface area (Å²) in [6, 6.07) is 2.29. The molecule has 1 aliphatic carbocycles. The number of hydrogen-bond donors (Lipinski definition) is 0. The van der Waals surface area contributed by atoms with Crippen LogP contribution in [0.25, 0.3) is 11.0 Å². The summed E-state index contributed by atoms with van der Waals surface area (Å²) in [7, 11) is 1.84. The number of carbonyl (C=O) groups is 2. The van der Waals surface area contributed by atoms with Crippen molar-refractivity contribution in [3.63, 3.8) is 0 Å². The lowest BCUT2D eigenvalue weighted by molar-refractivity contribution is 0.0142. The predicted octanol–water partition coefficient (Wildman–Crippen LogP) is 3.28. The van der Waals surface area contributed by atoms with Crippen molar-refractivity contribution in [2.75, 3.05) is 13.1 Å². The molecule has 1 saturated heterocycles. The Morgan fingerprint density at radius 3 is 2.37 bits per heavy atom. The summed E-state index contributed by atoms with van der Waals surface area (Å²) in [6.45, 7) is 8.74. The third-order valence-corrected chi connectivity index (χ3v) is 5.75. The Morgan fingerprint density at radius 2 is 1.77 bits per heavy atom. The number of fused-ring (bicyclic) bond motifs is 1. The van der Waals surface area contributed by atoms with Crippen LogP contribution in [0, 0.1) is 6.92 Å². The van der Waals surface area contributed by atoms with E-state index in [0.717, 1.165) is 42.4 Å².